The van der Waals surface area contributed by atoms with Crippen LogP contribution in [0.15, 0.2) is 0 Å². The van der Waals surface area contributed by atoms with Gasteiger partial charge in [0, 0.05) is 19.3 Å². The van der Waals surface area contributed by atoms with Gasteiger partial charge in [-0.05, 0) is 19.6 Å². The van der Waals surface area contributed by atoms with E-state index >= 15 is 0 Å². The number of aromatic nitrogens is 2. The minimum Gasteiger partial charge on any atom is -0.387 e. The van der Waals surface area contributed by atoms with Crippen LogP contribution in [0.1, 0.15) is 26.0 Å². The van der Waals surface area contributed by atoms with Gasteiger partial charge in [0.05, 0.1) is 10.5 Å². The van der Waals surface area contributed by atoms with Crippen LogP contribution in [0.3, 0.4) is 0 Å². The van der Waals surface area contributed by atoms with E-state index in [4.69, 9.17) is 0 Å². The topological polar surface area (TPSA) is 93.2 Å². The fourth-order valence-electron chi connectivity index (χ4n) is 2.00. The highest BCUT2D eigenvalue weighted by Crippen LogP contribution is 2.29. The molecule has 8 heteroatoms. The summed E-state index contributed by atoms with van der Waals surface area (Å²) in [6.07, 6.45) is 3.26. The molecular formula is C12H22N4O3S. The molecule has 1 rings (SSSR count). The van der Waals surface area contributed by atoms with Gasteiger partial charge in [-0.3, -0.25) is 10.1 Å². The fourth-order valence-corrected chi connectivity index (χ4v) is 2.72. The molecule has 0 bridgehead atoms. The van der Waals surface area contributed by atoms with Crippen molar-refractivity contribution in [3.63, 3.8) is 0 Å². The highest BCUT2D eigenvalue weighted by molar-refractivity contribution is 7.98. The molecule has 0 aromatic carbocycles. The Kier molecular flexibility index (Phi) is 5.82. The lowest BCUT2D eigenvalue weighted by molar-refractivity contribution is -0.384. The molecule has 1 aromatic rings. The number of aliphatic hydroxyl groups is 1. The molecule has 1 aromatic heterocycles. The molecule has 0 aliphatic heterocycles. The molecule has 20 heavy (non-hydrogen) atoms. The number of nitrogens with one attached hydrogen (secondary N) is 1. The largest absolute Gasteiger partial charge is 0.387 e. The third-order valence-electron chi connectivity index (χ3n) is 2.85. The van der Waals surface area contributed by atoms with E-state index in [0.29, 0.717) is 23.7 Å². The molecule has 1 atom stereocenters. The summed E-state index contributed by atoms with van der Waals surface area (Å²) >= 11 is 1.53. The first kappa shape index (κ1) is 16.8. The smallest absolute Gasteiger partial charge is 0.333 e. The number of hydrogen-bond acceptors (Lipinski definition) is 6. The fraction of sp³-hybridized carbons (Fsp3) is 0.750. The number of aryl methyl sites for hydroxylation is 2. The zero-order chi connectivity index (χ0) is 15.3. The number of anilines is 1. The third kappa shape index (κ3) is 4.11. The average Bonchev–Trinajstić information content (AvgIpc) is 2.63. The van der Waals surface area contributed by atoms with Gasteiger partial charge >= 0.3 is 5.69 Å². The van der Waals surface area contributed by atoms with Gasteiger partial charge in [0.15, 0.2) is 0 Å². The van der Waals surface area contributed by atoms with Gasteiger partial charge in [-0.15, -0.1) is 0 Å². The van der Waals surface area contributed by atoms with E-state index in [0.717, 1.165) is 6.42 Å². The predicted molar refractivity (Wildman–Crippen MR) is 81.4 cm³/mol. The third-order valence-corrected chi connectivity index (χ3v) is 3.76. The number of hydrogen-bond donors (Lipinski definition) is 2. The van der Waals surface area contributed by atoms with Crippen LogP contribution in [0.5, 0.6) is 0 Å². The first-order valence-electron chi connectivity index (χ1n) is 6.48. The molecule has 0 spiro atoms. The van der Waals surface area contributed by atoms with Crippen LogP contribution in [0.4, 0.5) is 11.5 Å². The van der Waals surface area contributed by atoms with Crippen molar-refractivity contribution >= 4 is 23.3 Å². The quantitative estimate of drug-likeness (QED) is 0.562. The molecular weight excluding hydrogens is 280 g/mol. The van der Waals surface area contributed by atoms with Crippen molar-refractivity contribution in [3.8, 4) is 0 Å². The molecule has 0 saturated heterocycles. The summed E-state index contributed by atoms with van der Waals surface area (Å²) in [7, 11) is 1.66. The summed E-state index contributed by atoms with van der Waals surface area (Å²) in [5.41, 5.74) is -0.441. The Morgan fingerprint density at radius 1 is 1.60 bits per heavy atom. The van der Waals surface area contributed by atoms with Crippen molar-refractivity contribution in [2.45, 2.75) is 32.3 Å². The van der Waals surface area contributed by atoms with Crippen LogP contribution in [-0.4, -0.2) is 44.0 Å². The highest BCUT2D eigenvalue weighted by Gasteiger charge is 2.28. The summed E-state index contributed by atoms with van der Waals surface area (Å²) in [5, 5.41) is 28.5. The van der Waals surface area contributed by atoms with Crippen molar-refractivity contribution < 1.29 is 10.0 Å². The van der Waals surface area contributed by atoms with Crippen LogP contribution >= 0.6 is 11.8 Å². The monoisotopic (exact) mass is 302 g/mol. The minimum atomic E-state index is -0.928. The van der Waals surface area contributed by atoms with E-state index in [9.17, 15) is 15.2 Å². The van der Waals surface area contributed by atoms with Gasteiger partial charge in [0.25, 0.3) is 0 Å². The standard InChI is InChI=1S/C12H22N4O3S/c1-5-6-9-10(16(18)19)11(15(3)14-9)13-7-12(2,17)8-20-4/h13,17H,5-8H2,1-4H3. The van der Waals surface area contributed by atoms with Crippen LogP contribution in [0.25, 0.3) is 0 Å². The lowest BCUT2D eigenvalue weighted by atomic mass is 10.1. The van der Waals surface area contributed by atoms with E-state index in [-0.39, 0.29) is 12.2 Å². The van der Waals surface area contributed by atoms with Gasteiger partial charge in [-0.25, -0.2) is 4.68 Å². The summed E-state index contributed by atoms with van der Waals surface area (Å²) < 4.78 is 1.47. The number of nitro groups is 1. The summed E-state index contributed by atoms with van der Waals surface area (Å²) in [5.74, 6) is 0.896. The average molecular weight is 302 g/mol. The second kappa shape index (κ2) is 6.94. The Labute approximate surface area is 122 Å². The Morgan fingerprint density at radius 3 is 2.75 bits per heavy atom. The summed E-state index contributed by atoms with van der Waals surface area (Å²) in [6, 6.07) is 0. The molecule has 0 fully saturated rings. The molecule has 0 amide bonds. The molecule has 1 unspecified atom stereocenters. The predicted octanol–water partition coefficient (Wildman–Crippen LogP) is 1.81. The SMILES string of the molecule is CCCc1nn(C)c(NCC(C)(O)CSC)c1[N+](=O)[O-]. The second-order valence-electron chi connectivity index (χ2n) is 5.06. The van der Waals surface area contributed by atoms with Crippen molar-refractivity contribution in [2.24, 2.45) is 7.05 Å². The molecule has 0 radical (unpaired) electrons. The maximum absolute atomic E-state index is 11.2. The van der Waals surface area contributed by atoms with Crippen molar-refractivity contribution in [1.82, 2.24) is 9.78 Å². The van der Waals surface area contributed by atoms with E-state index in [1.807, 2.05) is 13.2 Å². The normalized spacial score (nSPS) is 14.1. The van der Waals surface area contributed by atoms with Gasteiger partial charge < -0.3 is 10.4 Å². The van der Waals surface area contributed by atoms with Crippen LogP contribution in [0.2, 0.25) is 0 Å². The van der Waals surface area contributed by atoms with Gasteiger partial charge in [-0.2, -0.15) is 16.9 Å². The van der Waals surface area contributed by atoms with Crippen molar-refractivity contribution in [1.29, 1.82) is 0 Å². The summed E-state index contributed by atoms with van der Waals surface area (Å²) in [4.78, 5) is 10.8. The molecule has 7 nitrogen and oxygen atoms in total. The lowest BCUT2D eigenvalue weighted by Gasteiger charge is -2.22. The lowest BCUT2D eigenvalue weighted by Crippen LogP contribution is -2.36. The van der Waals surface area contributed by atoms with Crippen molar-refractivity contribution in [3.05, 3.63) is 15.8 Å². The Morgan fingerprint density at radius 2 is 2.25 bits per heavy atom. The summed E-state index contributed by atoms with van der Waals surface area (Å²) in [6.45, 7) is 3.89. The Balaban J connectivity index is 2.97. The van der Waals surface area contributed by atoms with Gasteiger partial charge in [-0.1, -0.05) is 13.3 Å². The molecule has 0 aliphatic rings. The molecule has 2 N–H and O–H groups in total. The first-order chi connectivity index (χ1) is 9.32. The van der Waals surface area contributed by atoms with E-state index in [2.05, 4.69) is 10.4 Å². The van der Waals surface area contributed by atoms with E-state index < -0.39 is 10.5 Å². The van der Waals surface area contributed by atoms with Crippen LogP contribution in [-0.2, 0) is 13.5 Å². The first-order valence-corrected chi connectivity index (χ1v) is 7.87. The van der Waals surface area contributed by atoms with Crippen molar-refractivity contribution in [2.75, 3.05) is 23.9 Å². The van der Waals surface area contributed by atoms with Crippen LogP contribution in [0, 0.1) is 10.1 Å². The maximum Gasteiger partial charge on any atom is 0.333 e. The van der Waals surface area contributed by atoms with Gasteiger partial charge in [0.1, 0.15) is 5.69 Å². The number of thioether (sulfide) groups is 1. The zero-order valence-electron chi connectivity index (χ0n) is 12.3. The highest BCUT2D eigenvalue weighted by atomic mass is 32.2. The zero-order valence-corrected chi connectivity index (χ0v) is 13.2. The van der Waals surface area contributed by atoms with E-state index in [1.165, 1.54) is 16.4 Å². The second-order valence-corrected chi connectivity index (χ2v) is 5.92. The molecule has 0 saturated carbocycles. The van der Waals surface area contributed by atoms with Gasteiger partial charge in [0.2, 0.25) is 5.82 Å². The Hall–Kier alpha value is -1.28. The Bertz CT molecular complexity index is 474. The minimum absolute atomic E-state index is 0.00861. The number of rotatable bonds is 8. The molecule has 0 aliphatic carbocycles. The van der Waals surface area contributed by atoms with E-state index in [1.54, 1.807) is 14.0 Å². The number of nitrogens with zero attached hydrogens (tertiary/aromatic N) is 3. The molecule has 114 valence electrons. The van der Waals surface area contributed by atoms with Crippen LogP contribution < -0.4 is 5.32 Å². The maximum atomic E-state index is 11.2. The molecule has 1 heterocycles.